The molecule has 21 heavy (non-hydrogen) atoms. The van der Waals surface area contributed by atoms with Crippen LogP contribution in [0.25, 0.3) is 0 Å². The van der Waals surface area contributed by atoms with Gasteiger partial charge in [-0.1, -0.05) is 27.7 Å². The van der Waals surface area contributed by atoms with E-state index in [1.807, 2.05) is 40.7 Å². The number of amides is 1. The molecule has 0 bridgehead atoms. The summed E-state index contributed by atoms with van der Waals surface area (Å²) < 4.78 is 5.24. The number of nitrogens with one attached hydrogen (secondary N) is 1. The zero-order chi connectivity index (χ0) is 16.5. The minimum Gasteiger partial charge on any atom is -0.444 e. The molecule has 0 saturated carbocycles. The number of carbonyl (C=O) groups excluding carboxylic acids is 1. The lowest BCUT2D eigenvalue weighted by molar-refractivity contribution is 0.0635. The molecule has 0 fully saturated rings. The third kappa shape index (κ3) is 7.95. The fraction of sp³-hybridized carbons (Fsp3) is 0.625. The third-order valence-corrected chi connectivity index (χ3v) is 3.08. The summed E-state index contributed by atoms with van der Waals surface area (Å²) in [6, 6.07) is 2.01. The van der Waals surface area contributed by atoms with Crippen molar-refractivity contribution in [1.29, 1.82) is 0 Å². The molecule has 5 heteroatoms. The summed E-state index contributed by atoms with van der Waals surface area (Å²) in [6.07, 6.45) is 2.09. The Balaban J connectivity index is 0.00000191. The molecule has 1 N–H and O–H groups in total. The second-order valence-electron chi connectivity index (χ2n) is 5.09. The number of hydrogen-bond donors (Lipinski definition) is 1. The van der Waals surface area contributed by atoms with E-state index < -0.39 is 11.7 Å². The van der Waals surface area contributed by atoms with E-state index in [0.29, 0.717) is 0 Å². The van der Waals surface area contributed by atoms with Crippen molar-refractivity contribution in [1.82, 2.24) is 4.98 Å². The average molecular weight is 312 g/mol. The van der Waals surface area contributed by atoms with Crippen LogP contribution in [0.5, 0.6) is 0 Å². The number of pyridine rings is 1. The molecule has 120 valence electrons. The van der Waals surface area contributed by atoms with Crippen molar-refractivity contribution >= 4 is 23.5 Å². The summed E-state index contributed by atoms with van der Waals surface area (Å²) in [5.74, 6) is 0.981. The number of aromatic nitrogens is 1. The van der Waals surface area contributed by atoms with Gasteiger partial charge < -0.3 is 4.74 Å². The fourth-order valence-corrected chi connectivity index (χ4v) is 2.17. The van der Waals surface area contributed by atoms with Gasteiger partial charge in [-0.25, -0.2) is 9.78 Å². The Labute approximate surface area is 133 Å². The Morgan fingerprint density at radius 3 is 2.43 bits per heavy atom. The summed E-state index contributed by atoms with van der Waals surface area (Å²) in [7, 11) is 0. The molecule has 0 saturated heterocycles. The van der Waals surface area contributed by atoms with Gasteiger partial charge in [-0.2, -0.15) is 0 Å². The van der Waals surface area contributed by atoms with Crippen LogP contribution in [0.4, 0.5) is 10.5 Å². The van der Waals surface area contributed by atoms with Crippen LogP contribution in [0.3, 0.4) is 0 Å². The van der Waals surface area contributed by atoms with Crippen molar-refractivity contribution in [3.63, 3.8) is 0 Å². The fourth-order valence-electron chi connectivity index (χ4n) is 1.52. The van der Waals surface area contributed by atoms with E-state index >= 15 is 0 Å². The Bertz CT molecular complexity index is 442. The van der Waals surface area contributed by atoms with E-state index in [1.54, 1.807) is 18.0 Å². The Morgan fingerprint density at radius 2 is 1.95 bits per heavy atom. The normalized spacial score (nSPS) is 10.4. The minimum absolute atomic E-state index is 0.445. The van der Waals surface area contributed by atoms with Crippen molar-refractivity contribution in [2.75, 3.05) is 11.1 Å². The van der Waals surface area contributed by atoms with Gasteiger partial charge in [0.15, 0.2) is 0 Å². The number of thioether (sulfide) groups is 1. The lowest BCUT2D eigenvalue weighted by Gasteiger charge is -2.20. The maximum absolute atomic E-state index is 11.7. The molecule has 0 spiro atoms. The van der Waals surface area contributed by atoms with Gasteiger partial charge in [0.05, 0.1) is 16.9 Å². The molecule has 0 radical (unpaired) electrons. The predicted molar refractivity (Wildman–Crippen MR) is 91.2 cm³/mol. The molecule has 1 rings (SSSR count). The second-order valence-corrected chi connectivity index (χ2v) is 6.38. The predicted octanol–water partition coefficient (Wildman–Crippen LogP) is 5.13. The summed E-state index contributed by atoms with van der Waals surface area (Å²) in [6.45, 7) is 13.7. The smallest absolute Gasteiger partial charge is 0.412 e. The van der Waals surface area contributed by atoms with E-state index in [0.717, 1.165) is 28.5 Å². The monoisotopic (exact) mass is 312 g/mol. The Kier molecular flexibility index (Phi) is 9.09. The van der Waals surface area contributed by atoms with Gasteiger partial charge in [0.25, 0.3) is 0 Å². The van der Waals surface area contributed by atoms with Crippen LogP contribution in [0.2, 0.25) is 0 Å². The lowest BCUT2D eigenvalue weighted by atomic mass is 10.2. The highest BCUT2D eigenvalue weighted by Gasteiger charge is 2.17. The maximum Gasteiger partial charge on any atom is 0.412 e. The number of nitrogens with zero attached hydrogens (tertiary/aromatic N) is 1. The first-order chi connectivity index (χ1) is 9.85. The number of hydrogen-bond acceptors (Lipinski definition) is 4. The lowest BCUT2D eigenvalue weighted by Crippen LogP contribution is -2.27. The van der Waals surface area contributed by atoms with Crippen molar-refractivity contribution in [3.8, 4) is 0 Å². The van der Waals surface area contributed by atoms with Gasteiger partial charge in [0, 0.05) is 0 Å². The molecule has 0 atom stereocenters. The number of anilines is 1. The quantitative estimate of drug-likeness (QED) is 0.783. The van der Waals surface area contributed by atoms with E-state index in [4.69, 9.17) is 4.74 Å². The highest BCUT2D eigenvalue weighted by atomic mass is 32.2. The molecule has 0 aliphatic rings. The largest absolute Gasteiger partial charge is 0.444 e. The highest BCUT2D eigenvalue weighted by molar-refractivity contribution is 7.99. The van der Waals surface area contributed by atoms with Crippen LogP contribution in [0.15, 0.2) is 17.3 Å². The van der Waals surface area contributed by atoms with Crippen LogP contribution in [-0.4, -0.2) is 22.4 Å². The summed E-state index contributed by atoms with van der Waals surface area (Å²) in [5.41, 5.74) is 1.29. The van der Waals surface area contributed by atoms with Crippen LogP contribution in [0, 0.1) is 0 Å². The van der Waals surface area contributed by atoms with Gasteiger partial charge in [-0.3, -0.25) is 5.32 Å². The molecule has 1 amide bonds. The molecule has 1 heterocycles. The molecule has 0 unspecified atom stereocenters. The van der Waals surface area contributed by atoms with Gasteiger partial charge in [-0.15, -0.1) is 11.8 Å². The summed E-state index contributed by atoms with van der Waals surface area (Å²) in [4.78, 5) is 16.1. The Morgan fingerprint density at radius 1 is 1.33 bits per heavy atom. The number of rotatable bonds is 4. The molecular weight excluding hydrogens is 284 g/mol. The average Bonchev–Trinajstić information content (AvgIpc) is 2.41. The maximum atomic E-state index is 11.7. The number of ether oxygens (including phenoxy) is 1. The van der Waals surface area contributed by atoms with Crippen molar-refractivity contribution in [2.24, 2.45) is 0 Å². The van der Waals surface area contributed by atoms with E-state index in [2.05, 4.69) is 24.1 Å². The first-order valence-corrected chi connectivity index (χ1v) is 8.46. The van der Waals surface area contributed by atoms with Crippen LogP contribution in [-0.2, 0) is 11.2 Å². The molecule has 1 aromatic heterocycles. The van der Waals surface area contributed by atoms with E-state index in [1.165, 1.54) is 0 Å². The second kappa shape index (κ2) is 9.66. The number of carbonyl (C=O) groups is 1. The van der Waals surface area contributed by atoms with Crippen molar-refractivity contribution < 1.29 is 9.53 Å². The summed E-state index contributed by atoms with van der Waals surface area (Å²) >= 11 is 1.69. The molecular formula is C16H28N2O2S. The Hall–Kier alpha value is -1.23. The zero-order valence-corrected chi connectivity index (χ0v) is 15.1. The first kappa shape index (κ1) is 19.8. The van der Waals surface area contributed by atoms with Gasteiger partial charge in [0.1, 0.15) is 5.60 Å². The molecule has 4 nitrogen and oxygen atoms in total. The van der Waals surface area contributed by atoms with Gasteiger partial charge >= 0.3 is 6.09 Å². The number of aryl methyl sites for hydroxylation is 1. The van der Waals surface area contributed by atoms with E-state index in [9.17, 15) is 4.79 Å². The minimum atomic E-state index is -0.498. The highest BCUT2D eigenvalue weighted by Crippen LogP contribution is 2.22. The van der Waals surface area contributed by atoms with Crippen LogP contribution >= 0.6 is 11.8 Å². The third-order valence-electron chi connectivity index (χ3n) is 2.27. The summed E-state index contributed by atoms with van der Waals surface area (Å²) in [5, 5.41) is 3.74. The molecule has 0 aromatic carbocycles. The van der Waals surface area contributed by atoms with Crippen molar-refractivity contribution in [2.45, 2.75) is 65.5 Å². The first-order valence-electron chi connectivity index (χ1n) is 7.47. The topological polar surface area (TPSA) is 51.2 Å². The molecule has 1 aromatic rings. The van der Waals surface area contributed by atoms with Crippen molar-refractivity contribution in [3.05, 3.63) is 17.8 Å². The molecule has 0 aliphatic carbocycles. The molecule has 0 aliphatic heterocycles. The van der Waals surface area contributed by atoms with Gasteiger partial charge in [-0.05, 0) is 44.6 Å². The SMILES string of the molecule is CC.CCSc1cc(CC)c(NC(=O)OC(C)(C)C)cn1. The standard InChI is InChI=1S/C14H22N2O2S.C2H6/c1-6-10-8-12(19-7-2)15-9-11(10)16-13(17)18-14(3,4)5;1-2/h8-9H,6-7H2,1-5H3,(H,16,17);1-2H3. The van der Waals surface area contributed by atoms with Crippen LogP contribution in [0.1, 0.15) is 54.0 Å². The van der Waals surface area contributed by atoms with Crippen LogP contribution < -0.4 is 5.32 Å². The van der Waals surface area contributed by atoms with E-state index in [-0.39, 0.29) is 0 Å². The van der Waals surface area contributed by atoms with Gasteiger partial charge in [0.2, 0.25) is 0 Å². The zero-order valence-electron chi connectivity index (χ0n) is 14.2.